The van der Waals surface area contributed by atoms with Gasteiger partial charge in [-0.25, -0.2) is 0 Å². The molecule has 0 aliphatic carbocycles. The van der Waals surface area contributed by atoms with Crippen LogP contribution in [0.25, 0.3) is 11.3 Å². The normalized spacial score (nSPS) is 12.7. The minimum absolute atomic E-state index is 0.124. The zero-order valence-corrected chi connectivity index (χ0v) is 11.6. The van der Waals surface area contributed by atoms with Gasteiger partial charge in [0.1, 0.15) is 11.5 Å². The van der Waals surface area contributed by atoms with Gasteiger partial charge in [0.2, 0.25) is 0 Å². The Kier molecular flexibility index (Phi) is 3.69. The van der Waals surface area contributed by atoms with Gasteiger partial charge in [-0.1, -0.05) is 28.1 Å². The SMILES string of the molecule is Cc1ccc(-c2ccc(CC(C)N)o2)cc1Br. The van der Waals surface area contributed by atoms with Crippen LogP contribution in [-0.4, -0.2) is 6.04 Å². The second-order valence-electron chi connectivity index (χ2n) is 4.41. The lowest BCUT2D eigenvalue weighted by atomic mass is 10.1. The molecule has 2 nitrogen and oxygen atoms in total. The molecule has 90 valence electrons. The quantitative estimate of drug-likeness (QED) is 0.932. The van der Waals surface area contributed by atoms with Crippen LogP contribution in [0.2, 0.25) is 0 Å². The number of aryl methyl sites for hydroxylation is 1. The van der Waals surface area contributed by atoms with Gasteiger partial charge in [0.25, 0.3) is 0 Å². The van der Waals surface area contributed by atoms with E-state index in [0.29, 0.717) is 0 Å². The molecular formula is C14H16BrNO. The van der Waals surface area contributed by atoms with E-state index in [0.717, 1.165) is 28.0 Å². The first-order chi connectivity index (χ1) is 8.06. The minimum Gasteiger partial charge on any atom is -0.461 e. The smallest absolute Gasteiger partial charge is 0.134 e. The topological polar surface area (TPSA) is 39.2 Å². The zero-order chi connectivity index (χ0) is 12.4. The zero-order valence-electron chi connectivity index (χ0n) is 10.0. The molecule has 0 aliphatic rings. The van der Waals surface area contributed by atoms with E-state index in [1.807, 2.05) is 19.1 Å². The van der Waals surface area contributed by atoms with E-state index >= 15 is 0 Å². The molecule has 0 spiro atoms. The lowest BCUT2D eigenvalue weighted by Gasteiger charge is -2.03. The van der Waals surface area contributed by atoms with Crippen LogP contribution in [-0.2, 0) is 6.42 Å². The van der Waals surface area contributed by atoms with Crippen LogP contribution < -0.4 is 5.73 Å². The second-order valence-corrected chi connectivity index (χ2v) is 5.27. The fraction of sp³-hybridized carbons (Fsp3) is 0.286. The third-order valence-corrected chi connectivity index (χ3v) is 3.50. The molecule has 2 rings (SSSR count). The highest BCUT2D eigenvalue weighted by Crippen LogP contribution is 2.27. The number of hydrogen-bond acceptors (Lipinski definition) is 2. The Bertz CT molecular complexity index is 517. The summed E-state index contributed by atoms with van der Waals surface area (Å²) in [4.78, 5) is 0. The summed E-state index contributed by atoms with van der Waals surface area (Å²) in [5, 5.41) is 0. The highest BCUT2D eigenvalue weighted by Gasteiger charge is 2.07. The molecule has 1 unspecified atom stereocenters. The average molecular weight is 294 g/mol. The van der Waals surface area contributed by atoms with Crippen molar-refractivity contribution in [2.75, 3.05) is 0 Å². The van der Waals surface area contributed by atoms with E-state index in [2.05, 4.69) is 41.1 Å². The molecule has 0 bridgehead atoms. The first-order valence-electron chi connectivity index (χ1n) is 5.67. The summed E-state index contributed by atoms with van der Waals surface area (Å²) in [6, 6.07) is 10.3. The Morgan fingerprint density at radius 1 is 1.29 bits per heavy atom. The predicted molar refractivity (Wildman–Crippen MR) is 73.9 cm³/mol. The molecule has 0 amide bonds. The summed E-state index contributed by atoms with van der Waals surface area (Å²) < 4.78 is 6.87. The standard InChI is InChI=1S/C14H16BrNO/c1-9-3-4-11(8-13(9)15)14-6-5-12(17-14)7-10(2)16/h3-6,8,10H,7,16H2,1-2H3. The van der Waals surface area contributed by atoms with E-state index in [4.69, 9.17) is 10.2 Å². The van der Waals surface area contributed by atoms with Gasteiger partial charge in [0, 0.05) is 22.5 Å². The molecule has 17 heavy (non-hydrogen) atoms. The predicted octanol–water partition coefficient (Wildman–Crippen LogP) is 3.91. The van der Waals surface area contributed by atoms with E-state index in [1.54, 1.807) is 0 Å². The van der Waals surface area contributed by atoms with Crippen molar-refractivity contribution < 1.29 is 4.42 Å². The molecule has 3 heteroatoms. The highest BCUT2D eigenvalue weighted by molar-refractivity contribution is 9.10. The fourth-order valence-electron chi connectivity index (χ4n) is 1.71. The summed E-state index contributed by atoms with van der Waals surface area (Å²) in [6.07, 6.45) is 0.771. The van der Waals surface area contributed by atoms with Crippen molar-refractivity contribution in [1.29, 1.82) is 0 Å². The third-order valence-electron chi connectivity index (χ3n) is 2.64. The van der Waals surface area contributed by atoms with E-state index < -0.39 is 0 Å². The van der Waals surface area contributed by atoms with Gasteiger partial charge in [-0.05, 0) is 37.6 Å². The molecule has 2 aromatic rings. The van der Waals surface area contributed by atoms with Crippen molar-refractivity contribution in [1.82, 2.24) is 0 Å². The van der Waals surface area contributed by atoms with Crippen molar-refractivity contribution in [3.05, 3.63) is 46.1 Å². The molecular weight excluding hydrogens is 278 g/mol. The van der Waals surface area contributed by atoms with Crippen LogP contribution in [0.4, 0.5) is 0 Å². The molecule has 0 saturated heterocycles. The number of halogens is 1. The molecule has 0 aliphatic heterocycles. The lowest BCUT2D eigenvalue weighted by Crippen LogP contribution is -2.17. The van der Waals surface area contributed by atoms with Gasteiger partial charge in [0.05, 0.1) is 0 Å². The van der Waals surface area contributed by atoms with Crippen LogP contribution >= 0.6 is 15.9 Å². The Morgan fingerprint density at radius 3 is 2.71 bits per heavy atom. The van der Waals surface area contributed by atoms with Crippen LogP contribution in [0.5, 0.6) is 0 Å². The largest absolute Gasteiger partial charge is 0.461 e. The van der Waals surface area contributed by atoms with Gasteiger partial charge in [-0.15, -0.1) is 0 Å². The molecule has 1 aromatic heterocycles. The Balaban J connectivity index is 2.27. The Hall–Kier alpha value is -1.06. The molecule has 1 heterocycles. The maximum atomic E-state index is 5.77. The van der Waals surface area contributed by atoms with Gasteiger partial charge >= 0.3 is 0 Å². The molecule has 1 atom stereocenters. The van der Waals surface area contributed by atoms with Crippen LogP contribution in [0, 0.1) is 6.92 Å². The maximum Gasteiger partial charge on any atom is 0.134 e. The number of benzene rings is 1. The number of hydrogen-bond donors (Lipinski definition) is 1. The van der Waals surface area contributed by atoms with Crippen molar-refractivity contribution in [3.63, 3.8) is 0 Å². The van der Waals surface area contributed by atoms with Crippen molar-refractivity contribution >= 4 is 15.9 Å². The number of rotatable bonds is 3. The van der Waals surface area contributed by atoms with Crippen molar-refractivity contribution in [3.8, 4) is 11.3 Å². The average Bonchev–Trinajstić information content (AvgIpc) is 2.69. The van der Waals surface area contributed by atoms with E-state index in [9.17, 15) is 0 Å². The highest BCUT2D eigenvalue weighted by atomic mass is 79.9. The molecule has 0 fully saturated rings. The first-order valence-corrected chi connectivity index (χ1v) is 6.46. The maximum absolute atomic E-state index is 5.77. The summed E-state index contributed by atoms with van der Waals surface area (Å²) in [7, 11) is 0. The summed E-state index contributed by atoms with van der Waals surface area (Å²) >= 11 is 3.53. The Labute approximate surface area is 110 Å². The summed E-state index contributed by atoms with van der Waals surface area (Å²) in [5.41, 5.74) is 8.05. The number of nitrogens with two attached hydrogens (primary N) is 1. The van der Waals surface area contributed by atoms with Gasteiger partial charge in [-0.3, -0.25) is 0 Å². The van der Waals surface area contributed by atoms with E-state index in [-0.39, 0.29) is 6.04 Å². The summed E-state index contributed by atoms with van der Waals surface area (Å²) in [6.45, 7) is 4.04. The van der Waals surface area contributed by atoms with Crippen molar-refractivity contribution in [2.45, 2.75) is 26.3 Å². The monoisotopic (exact) mass is 293 g/mol. The third kappa shape index (κ3) is 2.99. The van der Waals surface area contributed by atoms with Gasteiger partial charge in [0.15, 0.2) is 0 Å². The molecule has 0 saturated carbocycles. The fourth-order valence-corrected chi connectivity index (χ4v) is 2.09. The number of furan rings is 1. The second kappa shape index (κ2) is 5.07. The lowest BCUT2D eigenvalue weighted by molar-refractivity contribution is 0.503. The van der Waals surface area contributed by atoms with Crippen LogP contribution in [0.3, 0.4) is 0 Å². The van der Waals surface area contributed by atoms with Gasteiger partial charge in [-0.2, -0.15) is 0 Å². The van der Waals surface area contributed by atoms with Crippen LogP contribution in [0.1, 0.15) is 18.2 Å². The summed E-state index contributed by atoms with van der Waals surface area (Å²) in [5.74, 6) is 1.83. The Morgan fingerprint density at radius 2 is 2.06 bits per heavy atom. The van der Waals surface area contributed by atoms with Crippen LogP contribution in [0.15, 0.2) is 39.2 Å². The molecule has 0 radical (unpaired) electrons. The minimum atomic E-state index is 0.124. The molecule has 1 aromatic carbocycles. The van der Waals surface area contributed by atoms with Crippen molar-refractivity contribution in [2.24, 2.45) is 5.73 Å². The first kappa shape index (κ1) is 12.4. The van der Waals surface area contributed by atoms with Gasteiger partial charge < -0.3 is 10.2 Å². The van der Waals surface area contributed by atoms with E-state index in [1.165, 1.54) is 5.56 Å². The molecule has 2 N–H and O–H groups in total.